The van der Waals surface area contributed by atoms with Crippen molar-refractivity contribution in [2.24, 2.45) is 0 Å². The Hall–Kier alpha value is -1.47. The fourth-order valence-corrected chi connectivity index (χ4v) is 4.22. The van der Waals surface area contributed by atoms with Gasteiger partial charge in [0, 0.05) is 49.5 Å². The number of likely N-dealkylation sites (tertiary alicyclic amines) is 1. The molecule has 162 valence electrons. The molecule has 2 aromatic rings. The average Bonchev–Trinajstić information content (AvgIpc) is 2.76. The predicted octanol–water partition coefficient (Wildman–Crippen LogP) is 5.33. The van der Waals surface area contributed by atoms with Gasteiger partial charge in [-0.1, -0.05) is 35.3 Å². The first kappa shape index (κ1) is 23.2. The van der Waals surface area contributed by atoms with E-state index in [0.717, 1.165) is 10.6 Å². The lowest BCUT2D eigenvalue weighted by Gasteiger charge is -2.36. The highest BCUT2D eigenvalue weighted by Gasteiger charge is 2.35. The number of benzene rings is 2. The second-order valence-electron chi connectivity index (χ2n) is 7.25. The lowest BCUT2D eigenvalue weighted by Crippen LogP contribution is -2.49. The molecule has 1 N–H and O–H groups in total. The van der Waals surface area contributed by atoms with Gasteiger partial charge in [-0.2, -0.15) is 0 Å². The van der Waals surface area contributed by atoms with Crippen LogP contribution in [-0.2, 0) is 0 Å². The lowest BCUT2D eigenvalue weighted by molar-refractivity contribution is 0.0433. The highest BCUT2D eigenvalue weighted by atomic mass is 35.5. The van der Waals surface area contributed by atoms with E-state index < -0.39 is 5.67 Å². The molecule has 8 heteroatoms. The van der Waals surface area contributed by atoms with Gasteiger partial charge in [-0.25, -0.2) is 4.39 Å². The minimum absolute atomic E-state index is 0.149. The molecule has 1 saturated heterocycles. The van der Waals surface area contributed by atoms with Crippen LogP contribution in [0.1, 0.15) is 23.2 Å². The zero-order chi connectivity index (χ0) is 21.6. The molecule has 1 aliphatic rings. The molecule has 1 fully saturated rings. The molecular weight excluding hydrogens is 446 g/mol. The molecule has 1 heterocycles. The molecule has 0 unspecified atom stereocenters. The highest BCUT2D eigenvalue weighted by Crippen LogP contribution is 2.29. The van der Waals surface area contributed by atoms with E-state index in [0.29, 0.717) is 54.7 Å². The molecule has 0 aliphatic carbocycles. The first-order valence-electron chi connectivity index (χ1n) is 9.82. The number of rotatable bonds is 8. The number of nitrogens with zero attached hydrogens (tertiary/aromatic N) is 1. The normalized spacial score (nSPS) is 15.8. The Balaban J connectivity index is 1.41. The summed E-state index contributed by atoms with van der Waals surface area (Å²) in [4.78, 5) is 15.4. The summed E-state index contributed by atoms with van der Waals surface area (Å²) >= 11 is 13.5. The maximum absolute atomic E-state index is 15.1. The Morgan fingerprint density at radius 2 is 1.93 bits per heavy atom. The van der Waals surface area contributed by atoms with Crippen molar-refractivity contribution in [3.05, 3.63) is 58.1 Å². The van der Waals surface area contributed by atoms with Gasteiger partial charge >= 0.3 is 0 Å². The number of thioether (sulfide) groups is 1. The van der Waals surface area contributed by atoms with Crippen molar-refractivity contribution in [3.8, 4) is 5.75 Å². The van der Waals surface area contributed by atoms with Crippen LogP contribution in [0.5, 0.6) is 5.75 Å². The topological polar surface area (TPSA) is 41.6 Å². The molecule has 0 atom stereocenters. The van der Waals surface area contributed by atoms with Crippen molar-refractivity contribution in [1.82, 2.24) is 10.2 Å². The number of piperidine rings is 1. The van der Waals surface area contributed by atoms with Crippen molar-refractivity contribution in [2.45, 2.75) is 23.4 Å². The van der Waals surface area contributed by atoms with Crippen LogP contribution in [0.3, 0.4) is 0 Å². The molecule has 2 aromatic carbocycles. The smallest absolute Gasteiger partial charge is 0.253 e. The van der Waals surface area contributed by atoms with Crippen LogP contribution in [0.2, 0.25) is 10.0 Å². The molecule has 0 bridgehead atoms. The summed E-state index contributed by atoms with van der Waals surface area (Å²) in [6.07, 6.45) is 2.60. The van der Waals surface area contributed by atoms with E-state index in [9.17, 15) is 4.79 Å². The zero-order valence-corrected chi connectivity index (χ0v) is 19.1. The van der Waals surface area contributed by atoms with Crippen molar-refractivity contribution in [2.75, 3.05) is 39.0 Å². The van der Waals surface area contributed by atoms with Gasteiger partial charge in [0.25, 0.3) is 5.91 Å². The van der Waals surface area contributed by atoms with Gasteiger partial charge in [0.1, 0.15) is 18.0 Å². The number of halogens is 3. The summed E-state index contributed by atoms with van der Waals surface area (Å²) in [5.41, 5.74) is -0.859. The fraction of sp³-hybridized carbons (Fsp3) is 0.409. The van der Waals surface area contributed by atoms with E-state index in [4.69, 9.17) is 27.9 Å². The number of nitrogens with one attached hydrogen (secondary N) is 1. The molecular formula is C22H25Cl2FN2O2S. The number of carbonyl (C=O) groups is 1. The number of carbonyl (C=O) groups excluding carboxylic acids is 1. The Bertz CT molecular complexity index is 876. The molecule has 1 amide bonds. The van der Waals surface area contributed by atoms with E-state index in [1.54, 1.807) is 34.9 Å². The van der Waals surface area contributed by atoms with Crippen LogP contribution in [0, 0.1) is 0 Å². The summed E-state index contributed by atoms with van der Waals surface area (Å²) in [5.74, 6) is 0.695. The molecule has 0 saturated carbocycles. The number of alkyl halides is 1. The van der Waals surface area contributed by atoms with Gasteiger partial charge in [-0.3, -0.25) is 4.79 Å². The standard InChI is InChI=1S/C22H25Cl2FN2O2S/c1-30-20-5-3-2-4-19(20)29-13-10-26-15-22(25)8-11-27(12-9-22)21(28)16-6-7-17(23)18(24)14-16/h2-7,14,26H,8-13,15H2,1H3. The Morgan fingerprint density at radius 1 is 1.20 bits per heavy atom. The van der Waals surface area contributed by atoms with Crippen molar-refractivity contribution >= 4 is 40.9 Å². The van der Waals surface area contributed by atoms with Crippen molar-refractivity contribution in [3.63, 3.8) is 0 Å². The van der Waals surface area contributed by atoms with Gasteiger partial charge in [0.05, 0.1) is 10.0 Å². The molecule has 0 radical (unpaired) electrons. The number of para-hydroxylation sites is 1. The van der Waals surface area contributed by atoms with Crippen molar-refractivity contribution < 1.29 is 13.9 Å². The Morgan fingerprint density at radius 3 is 2.63 bits per heavy atom. The molecule has 0 spiro atoms. The van der Waals surface area contributed by atoms with E-state index in [1.807, 2.05) is 30.5 Å². The lowest BCUT2D eigenvalue weighted by atomic mass is 9.93. The van der Waals surface area contributed by atoms with Gasteiger partial charge in [0.15, 0.2) is 0 Å². The Labute approximate surface area is 191 Å². The van der Waals surface area contributed by atoms with Gasteiger partial charge in [-0.05, 0) is 36.6 Å². The van der Waals surface area contributed by atoms with Gasteiger partial charge in [-0.15, -0.1) is 11.8 Å². The van der Waals surface area contributed by atoms with E-state index in [2.05, 4.69) is 5.32 Å². The van der Waals surface area contributed by atoms with Gasteiger partial charge < -0.3 is 15.0 Å². The van der Waals surface area contributed by atoms with E-state index >= 15 is 4.39 Å². The maximum atomic E-state index is 15.1. The fourth-order valence-electron chi connectivity index (χ4n) is 3.38. The summed E-state index contributed by atoms with van der Waals surface area (Å²) < 4.78 is 20.9. The van der Waals surface area contributed by atoms with Crippen LogP contribution in [-0.4, -0.2) is 55.5 Å². The first-order chi connectivity index (χ1) is 14.4. The Kier molecular flexibility index (Phi) is 8.28. The summed E-state index contributed by atoms with van der Waals surface area (Å²) in [6.45, 7) is 2.01. The second-order valence-corrected chi connectivity index (χ2v) is 8.91. The number of amides is 1. The van der Waals surface area contributed by atoms with Crippen LogP contribution in [0.4, 0.5) is 4.39 Å². The van der Waals surface area contributed by atoms with E-state index in [-0.39, 0.29) is 12.5 Å². The third-order valence-electron chi connectivity index (χ3n) is 5.16. The maximum Gasteiger partial charge on any atom is 0.253 e. The zero-order valence-electron chi connectivity index (χ0n) is 16.8. The van der Waals surface area contributed by atoms with Crippen LogP contribution in [0.25, 0.3) is 0 Å². The predicted molar refractivity (Wildman–Crippen MR) is 122 cm³/mol. The second kappa shape index (κ2) is 10.7. The third-order valence-corrected chi connectivity index (χ3v) is 6.68. The van der Waals surface area contributed by atoms with E-state index in [1.165, 1.54) is 0 Å². The highest BCUT2D eigenvalue weighted by molar-refractivity contribution is 7.98. The SMILES string of the molecule is CSc1ccccc1OCCNCC1(F)CCN(C(=O)c2ccc(Cl)c(Cl)c2)CC1. The molecule has 3 rings (SSSR count). The monoisotopic (exact) mass is 470 g/mol. The number of hydrogen-bond acceptors (Lipinski definition) is 4. The first-order valence-corrected chi connectivity index (χ1v) is 11.8. The summed E-state index contributed by atoms with van der Waals surface area (Å²) in [6, 6.07) is 12.7. The quantitative estimate of drug-likeness (QED) is 0.418. The summed E-state index contributed by atoms with van der Waals surface area (Å²) in [5, 5.41) is 3.89. The molecule has 1 aliphatic heterocycles. The minimum atomic E-state index is -1.33. The third kappa shape index (κ3) is 6.03. The molecule has 0 aromatic heterocycles. The van der Waals surface area contributed by atoms with Gasteiger partial charge in [0.2, 0.25) is 0 Å². The van der Waals surface area contributed by atoms with Crippen LogP contribution < -0.4 is 10.1 Å². The van der Waals surface area contributed by atoms with Crippen LogP contribution in [0.15, 0.2) is 47.4 Å². The molecule has 30 heavy (non-hydrogen) atoms. The van der Waals surface area contributed by atoms with Crippen LogP contribution >= 0.6 is 35.0 Å². The molecule has 4 nitrogen and oxygen atoms in total. The average molecular weight is 471 g/mol. The largest absolute Gasteiger partial charge is 0.491 e. The number of ether oxygens (including phenoxy) is 1. The number of hydrogen-bond donors (Lipinski definition) is 1. The summed E-state index contributed by atoms with van der Waals surface area (Å²) in [7, 11) is 0. The minimum Gasteiger partial charge on any atom is -0.491 e. The van der Waals surface area contributed by atoms with Crippen molar-refractivity contribution in [1.29, 1.82) is 0 Å².